The van der Waals surface area contributed by atoms with Crippen LogP contribution in [-0.4, -0.2) is 46.4 Å². The summed E-state index contributed by atoms with van der Waals surface area (Å²) in [5.41, 5.74) is -0.232. The van der Waals surface area contributed by atoms with Crippen LogP contribution < -0.4 is 4.74 Å². The number of rotatable bonds is 7. The normalized spacial score (nSPS) is 24.0. The Balaban J connectivity index is 2.19. The first-order valence-electron chi connectivity index (χ1n) is 8.98. The summed E-state index contributed by atoms with van der Waals surface area (Å²) in [6.45, 7) is 7.18. The fourth-order valence-corrected chi connectivity index (χ4v) is 4.24. The van der Waals surface area contributed by atoms with E-state index in [1.54, 1.807) is 12.1 Å². The molecule has 2 N–H and O–H groups in total. The highest BCUT2D eigenvalue weighted by molar-refractivity contribution is 6.37. The van der Waals surface area contributed by atoms with Gasteiger partial charge in [-0.1, -0.05) is 36.5 Å². The maximum Gasteiger partial charge on any atom is 0.313 e. The van der Waals surface area contributed by atoms with Crippen molar-refractivity contribution in [3.8, 4) is 5.75 Å². The van der Waals surface area contributed by atoms with Crippen molar-refractivity contribution < 1.29 is 19.7 Å². The Morgan fingerprint density at radius 3 is 2.50 bits per heavy atom. The van der Waals surface area contributed by atoms with Crippen molar-refractivity contribution >= 4 is 29.2 Å². The van der Waals surface area contributed by atoms with E-state index < -0.39 is 17.5 Å². The zero-order valence-electron chi connectivity index (χ0n) is 15.5. The molecule has 1 heterocycles. The first-order valence-corrected chi connectivity index (χ1v) is 9.73. The largest absolute Gasteiger partial charge is 0.488 e. The van der Waals surface area contributed by atoms with Gasteiger partial charge in [0.05, 0.1) is 22.3 Å². The summed E-state index contributed by atoms with van der Waals surface area (Å²) < 4.78 is 5.64. The van der Waals surface area contributed by atoms with E-state index in [4.69, 9.17) is 27.9 Å². The van der Waals surface area contributed by atoms with Gasteiger partial charge in [0.1, 0.15) is 5.41 Å². The molecule has 1 aliphatic heterocycles. The van der Waals surface area contributed by atoms with E-state index in [0.717, 1.165) is 5.56 Å². The Hall–Kier alpha value is -1.01. The van der Waals surface area contributed by atoms with Crippen LogP contribution in [-0.2, 0) is 11.3 Å². The minimum Gasteiger partial charge on any atom is -0.488 e. The van der Waals surface area contributed by atoms with E-state index in [1.165, 1.54) is 0 Å². The average molecular weight is 404 g/mol. The van der Waals surface area contributed by atoms with E-state index in [-0.39, 0.29) is 6.10 Å². The number of piperidine rings is 1. The van der Waals surface area contributed by atoms with Crippen LogP contribution in [0.3, 0.4) is 0 Å². The summed E-state index contributed by atoms with van der Waals surface area (Å²) in [7, 11) is 0. The van der Waals surface area contributed by atoms with Gasteiger partial charge in [-0.15, -0.1) is 0 Å². The lowest BCUT2D eigenvalue weighted by Crippen LogP contribution is -2.55. The summed E-state index contributed by atoms with van der Waals surface area (Å²) >= 11 is 12.6. The second-order valence-electron chi connectivity index (χ2n) is 7.28. The fraction of sp³-hybridized carbons (Fsp3) is 0.632. The van der Waals surface area contributed by atoms with Gasteiger partial charge in [-0.2, -0.15) is 0 Å². The van der Waals surface area contributed by atoms with Crippen molar-refractivity contribution in [2.24, 2.45) is 5.41 Å². The van der Waals surface area contributed by atoms with E-state index in [2.05, 4.69) is 0 Å². The number of hydrogen-bond donors (Lipinski definition) is 2. The Bertz CT molecular complexity index is 629. The van der Waals surface area contributed by atoms with Gasteiger partial charge in [0.15, 0.2) is 5.75 Å². The zero-order chi connectivity index (χ0) is 19.5. The Morgan fingerprint density at radius 2 is 2.00 bits per heavy atom. The highest BCUT2D eigenvalue weighted by atomic mass is 35.5. The summed E-state index contributed by atoms with van der Waals surface area (Å²) in [6, 6.07) is 3.61. The van der Waals surface area contributed by atoms with Crippen LogP contribution in [0.1, 0.15) is 45.6 Å². The minimum atomic E-state index is -1.12. The van der Waals surface area contributed by atoms with Crippen LogP contribution in [0.25, 0.3) is 0 Å². The first kappa shape index (κ1) is 21.3. The molecule has 1 fully saturated rings. The molecule has 0 saturated carbocycles. The molecular formula is C19H27Cl2NO4. The lowest BCUT2D eigenvalue weighted by molar-refractivity contribution is -0.164. The molecule has 0 amide bonds. The van der Waals surface area contributed by atoms with Crippen molar-refractivity contribution in [2.45, 2.75) is 58.8 Å². The Morgan fingerprint density at radius 1 is 1.38 bits per heavy atom. The quantitative estimate of drug-likeness (QED) is 0.712. The molecule has 1 saturated heterocycles. The highest BCUT2D eigenvalue weighted by Crippen LogP contribution is 2.38. The van der Waals surface area contributed by atoms with Gasteiger partial charge in [0.25, 0.3) is 0 Å². The van der Waals surface area contributed by atoms with Gasteiger partial charge >= 0.3 is 5.97 Å². The predicted molar refractivity (Wildman–Crippen MR) is 103 cm³/mol. The summed E-state index contributed by atoms with van der Waals surface area (Å²) in [5, 5.41) is 21.0. The average Bonchev–Trinajstić information content (AvgIpc) is 2.54. The van der Waals surface area contributed by atoms with E-state index in [0.29, 0.717) is 54.7 Å². The minimum absolute atomic E-state index is 0.0374. The topological polar surface area (TPSA) is 70.0 Å². The van der Waals surface area contributed by atoms with Gasteiger partial charge in [-0.3, -0.25) is 9.69 Å². The number of nitrogens with zero attached hydrogens (tertiary/aromatic N) is 1. The molecule has 26 heavy (non-hydrogen) atoms. The second-order valence-corrected chi connectivity index (χ2v) is 8.10. The van der Waals surface area contributed by atoms with Crippen LogP contribution in [0.15, 0.2) is 12.1 Å². The molecule has 146 valence electrons. The number of aliphatic hydroxyl groups is 1. The van der Waals surface area contributed by atoms with E-state index >= 15 is 0 Å². The smallest absolute Gasteiger partial charge is 0.313 e. The summed E-state index contributed by atoms with van der Waals surface area (Å²) in [6.07, 6.45) is 0.719. The van der Waals surface area contributed by atoms with Crippen LogP contribution in [0.2, 0.25) is 10.0 Å². The highest BCUT2D eigenvalue weighted by Gasteiger charge is 2.48. The van der Waals surface area contributed by atoms with Gasteiger partial charge in [0.2, 0.25) is 0 Å². The van der Waals surface area contributed by atoms with Crippen molar-refractivity contribution in [3.05, 3.63) is 27.7 Å². The molecule has 1 aromatic carbocycles. The van der Waals surface area contributed by atoms with E-state index in [9.17, 15) is 15.0 Å². The molecule has 0 aromatic heterocycles. The molecule has 0 unspecified atom stereocenters. The van der Waals surface area contributed by atoms with Crippen molar-refractivity contribution in [3.63, 3.8) is 0 Å². The lowest BCUT2D eigenvalue weighted by atomic mass is 9.74. The van der Waals surface area contributed by atoms with Gasteiger partial charge in [0, 0.05) is 19.6 Å². The van der Waals surface area contributed by atoms with Crippen LogP contribution in [0.4, 0.5) is 0 Å². The number of benzene rings is 1. The maximum atomic E-state index is 11.9. The molecule has 0 radical (unpaired) electrons. The van der Waals surface area contributed by atoms with Gasteiger partial charge < -0.3 is 14.9 Å². The van der Waals surface area contributed by atoms with Crippen LogP contribution in [0.5, 0.6) is 5.75 Å². The Kier molecular flexibility index (Phi) is 7.19. The zero-order valence-corrected chi connectivity index (χ0v) is 17.0. The standard InChI is InChI=1S/C19H27Cl2NO4/c1-4-6-19(18(24)25)11-22(7-5-16(19)23)10-13-8-14(20)17(15(21)9-13)26-12(2)3/h8-9,12,16,23H,4-7,10-11H2,1-3H3,(H,24,25)/t16-,19+/m0/s1. The number of likely N-dealkylation sites (tertiary alicyclic amines) is 1. The third-order valence-corrected chi connectivity index (χ3v) is 5.36. The van der Waals surface area contributed by atoms with E-state index in [1.807, 2.05) is 25.7 Å². The molecular weight excluding hydrogens is 377 g/mol. The van der Waals surface area contributed by atoms with Crippen molar-refractivity contribution in [1.82, 2.24) is 4.90 Å². The summed E-state index contributed by atoms with van der Waals surface area (Å²) in [4.78, 5) is 13.9. The van der Waals surface area contributed by atoms with Crippen LogP contribution >= 0.6 is 23.2 Å². The fourth-order valence-electron chi connectivity index (χ4n) is 3.62. The molecule has 2 atom stereocenters. The maximum absolute atomic E-state index is 11.9. The van der Waals surface area contributed by atoms with Gasteiger partial charge in [-0.05, 0) is 44.4 Å². The number of ether oxygens (including phenoxy) is 1. The molecule has 0 bridgehead atoms. The number of halogens is 2. The Labute approximate surface area is 164 Å². The second kappa shape index (κ2) is 8.79. The predicted octanol–water partition coefficient (Wildman–Crippen LogP) is 4.22. The van der Waals surface area contributed by atoms with Crippen molar-refractivity contribution in [2.75, 3.05) is 13.1 Å². The number of carbonyl (C=O) groups is 1. The molecule has 0 aliphatic carbocycles. The van der Waals surface area contributed by atoms with Gasteiger partial charge in [-0.25, -0.2) is 0 Å². The lowest BCUT2D eigenvalue weighted by Gasteiger charge is -2.43. The first-order chi connectivity index (χ1) is 12.2. The number of carboxylic acid groups (broad SMARTS) is 1. The molecule has 0 spiro atoms. The van der Waals surface area contributed by atoms with Crippen LogP contribution in [0, 0.1) is 5.41 Å². The molecule has 1 aromatic rings. The van der Waals surface area contributed by atoms with Crippen molar-refractivity contribution in [1.29, 1.82) is 0 Å². The molecule has 5 nitrogen and oxygen atoms in total. The number of carboxylic acids is 1. The number of aliphatic carboxylic acids is 1. The third kappa shape index (κ3) is 4.63. The monoisotopic (exact) mass is 403 g/mol. The summed E-state index contributed by atoms with van der Waals surface area (Å²) in [5.74, 6) is -0.472. The SMILES string of the molecule is CCC[C@@]1(C(=O)O)CN(Cc2cc(Cl)c(OC(C)C)c(Cl)c2)CC[C@@H]1O. The molecule has 2 rings (SSSR count). The molecule has 7 heteroatoms. The molecule has 1 aliphatic rings. The number of aliphatic hydroxyl groups excluding tert-OH is 1. The third-order valence-electron chi connectivity index (χ3n) is 4.80. The number of hydrogen-bond acceptors (Lipinski definition) is 4.